The molecule has 1 saturated heterocycles. The number of urea groups is 1. The number of pyridine rings is 1. The Balaban J connectivity index is 1.87. The summed E-state index contributed by atoms with van der Waals surface area (Å²) in [4.78, 5) is 17.9. The van der Waals surface area contributed by atoms with Gasteiger partial charge in [0.1, 0.15) is 0 Å². The molecule has 5 heteroatoms. The molecule has 0 spiro atoms. The van der Waals surface area contributed by atoms with Crippen molar-refractivity contribution in [3.05, 3.63) is 29.6 Å². The molecule has 2 N–H and O–H groups in total. The van der Waals surface area contributed by atoms with Crippen LogP contribution in [0.2, 0.25) is 0 Å². The predicted octanol–water partition coefficient (Wildman–Crippen LogP) is 1.30. The molecule has 5 nitrogen and oxygen atoms in total. The topological polar surface area (TPSA) is 65.5 Å². The number of aliphatic hydroxyl groups excluding tert-OH is 1. The van der Waals surface area contributed by atoms with Crippen LogP contribution in [0.1, 0.15) is 24.6 Å². The molecule has 1 aliphatic heterocycles. The highest BCUT2D eigenvalue weighted by Gasteiger charge is 2.27. The number of nitrogens with zero attached hydrogens (tertiary/aromatic N) is 2. The number of hydrogen-bond acceptors (Lipinski definition) is 3. The van der Waals surface area contributed by atoms with Crippen molar-refractivity contribution in [1.82, 2.24) is 15.2 Å². The van der Waals surface area contributed by atoms with E-state index >= 15 is 0 Å². The van der Waals surface area contributed by atoms with Gasteiger partial charge < -0.3 is 15.3 Å². The van der Waals surface area contributed by atoms with E-state index in [4.69, 9.17) is 0 Å². The highest BCUT2D eigenvalue weighted by Crippen LogP contribution is 2.16. The monoisotopic (exact) mass is 263 g/mol. The first-order valence-corrected chi connectivity index (χ1v) is 6.69. The third kappa shape index (κ3) is 3.44. The van der Waals surface area contributed by atoms with E-state index in [9.17, 15) is 9.90 Å². The second kappa shape index (κ2) is 6.02. The summed E-state index contributed by atoms with van der Waals surface area (Å²) in [7, 11) is 0. The number of amides is 2. The highest BCUT2D eigenvalue weighted by molar-refractivity contribution is 5.74. The van der Waals surface area contributed by atoms with Crippen LogP contribution < -0.4 is 5.32 Å². The van der Waals surface area contributed by atoms with E-state index in [2.05, 4.69) is 10.3 Å². The number of carbonyl (C=O) groups excluding carboxylic acids is 1. The molecule has 0 aliphatic carbocycles. The molecule has 1 aliphatic rings. The lowest BCUT2D eigenvalue weighted by molar-refractivity contribution is 0.0435. The van der Waals surface area contributed by atoms with Crippen LogP contribution in [0, 0.1) is 12.8 Å². The standard InChI is InChI=1S/C14H21N3O2/c1-10-4-3-6-15-12(10)8-16-14(19)17-7-5-11(2)13(18)9-17/h3-4,6,11,13,18H,5,7-9H2,1-2H3,(H,16,19). The number of β-amino-alcohol motifs (C(OH)–C–C–N with tert-alkyl or cyclic N) is 1. The minimum Gasteiger partial charge on any atom is -0.391 e. The number of aliphatic hydroxyl groups is 1. The molecule has 1 aromatic rings. The Hall–Kier alpha value is -1.62. The number of hydrogen-bond donors (Lipinski definition) is 2. The summed E-state index contributed by atoms with van der Waals surface area (Å²) in [5, 5.41) is 12.7. The molecular weight excluding hydrogens is 242 g/mol. The average molecular weight is 263 g/mol. The Morgan fingerprint density at radius 2 is 2.42 bits per heavy atom. The molecule has 2 heterocycles. The highest BCUT2D eigenvalue weighted by atomic mass is 16.3. The Bertz CT molecular complexity index is 450. The quantitative estimate of drug-likeness (QED) is 0.845. The summed E-state index contributed by atoms with van der Waals surface area (Å²) in [5.41, 5.74) is 1.94. The maximum Gasteiger partial charge on any atom is 0.317 e. The minimum absolute atomic E-state index is 0.129. The van der Waals surface area contributed by atoms with Gasteiger partial charge in [0.15, 0.2) is 0 Å². The van der Waals surface area contributed by atoms with Crippen LogP contribution in [0.25, 0.3) is 0 Å². The smallest absolute Gasteiger partial charge is 0.317 e. The van der Waals surface area contributed by atoms with Crippen molar-refractivity contribution >= 4 is 6.03 Å². The van der Waals surface area contributed by atoms with Crippen LogP contribution in [0.5, 0.6) is 0 Å². The molecule has 0 radical (unpaired) electrons. The van der Waals surface area contributed by atoms with Gasteiger partial charge in [0, 0.05) is 19.3 Å². The van der Waals surface area contributed by atoms with Gasteiger partial charge in [-0.1, -0.05) is 13.0 Å². The van der Waals surface area contributed by atoms with Gasteiger partial charge in [-0.2, -0.15) is 0 Å². The van der Waals surface area contributed by atoms with Crippen LogP contribution in [0.3, 0.4) is 0 Å². The number of nitrogens with one attached hydrogen (secondary N) is 1. The largest absolute Gasteiger partial charge is 0.391 e. The zero-order valence-electron chi connectivity index (χ0n) is 11.5. The van der Waals surface area contributed by atoms with Crippen molar-refractivity contribution in [1.29, 1.82) is 0 Å². The first kappa shape index (κ1) is 13.8. The number of rotatable bonds is 2. The summed E-state index contributed by atoms with van der Waals surface area (Å²) in [5.74, 6) is 0.266. The molecule has 2 rings (SSSR count). The van der Waals surface area contributed by atoms with Crippen LogP contribution in [-0.4, -0.2) is 40.2 Å². The summed E-state index contributed by atoms with van der Waals surface area (Å²) in [6.07, 6.45) is 2.15. The molecule has 1 aromatic heterocycles. The summed E-state index contributed by atoms with van der Waals surface area (Å²) in [6, 6.07) is 3.72. The van der Waals surface area contributed by atoms with Crippen molar-refractivity contribution in [2.24, 2.45) is 5.92 Å². The normalized spacial score (nSPS) is 23.2. The molecule has 19 heavy (non-hydrogen) atoms. The summed E-state index contributed by atoms with van der Waals surface area (Å²) < 4.78 is 0. The SMILES string of the molecule is Cc1cccnc1CNC(=O)N1CCC(C)C(O)C1. The predicted molar refractivity (Wildman–Crippen MR) is 72.6 cm³/mol. The lowest BCUT2D eigenvalue weighted by Crippen LogP contribution is -2.49. The fourth-order valence-electron chi connectivity index (χ4n) is 2.21. The van der Waals surface area contributed by atoms with Gasteiger partial charge in [-0.25, -0.2) is 4.79 Å². The Morgan fingerprint density at radius 3 is 3.11 bits per heavy atom. The summed E-state index contributed by atoms with van der Waals surface area (Å²) >= 11 is 0. The van der Waals surface area contributed by atoms with E-state index in [0.717, 1.165) is 17.7 Å². The Labute approximate surface area is 113 Å². The third-order valence-corrected chi connectivity index (χ3v) is 3.73. The Morgan fingerprint density at radius 1 is 1.63 bits per heavy atom. The maximum atomic E-state index is 12.0. The van der Waals surface area contributed by atoms with Crippen molar-refractivity contribution in [2.45, 2.75) is 32.9 Å². The second-order valence-electron chi connectivity index (χ2n) is 5.21. The molecule has 0 bridgehead atoms. The molecule has 0 saturated carbocycles. The van der Waals surface area contributed by atoms with E-state index in [1.54, 1.807) is 11.1 Å². The molecule has 2 atom stereocenters. The van der Waals surface area contributed by atoms with E-state index < -0.39 is 6.10 Å². The lowest BCUT2D eigenvalue weighted by atomic mass is 9.96. The number of aromatic nitrogens is 1. The van der Waals surface area contributed by atoms with Gasteiger partial charge in [-0.05, 0) is 30.9 Å². The molecular formula is C14H21N3O2. The molecule has 104 valence electrons. The van der Waals surface area contributed by atoms with E-state index in [-0.39, 0.29) is 11.9 Å². The Kier molecular flexibility index (Phi) is 4.37. The van der Waals surface area contributed by atoms with Crippen LogP contribution in [0.15, 0.2) is 18.3 Å². The van der Waals surface area contributed by atoms with E-state index in [1.807, 2.05) is 26.0 Å². The third-order valence-electron chi connectivity index (χ3n) is 3.73. The first-order valence-electron chi connectivity index (χ1n) is 6.69. The number of piperidine rings is 1. The zero-order chi connectivity index (χ0) is 13.8. The lowest BCUT2D eigenvalue weighted by Gasteiger charge is -2.34. The van der Waals surface area contributed by atoms with Crippen molar-refractivity contribution in [3.63, 3.8) is 0 Å². The fraction of sp³-hybridized carbons (Fsp3) is 0.571. The second-order valence-corrected chi connectivity index (χ2v) is 5.21. The van der Waals surface area contributed by atoms with Gasteiger partial charge in [-0.3, -0.25) is 4.98 Å². The van der Waals surface area contributed by atoms with Crippen LogP contribution in [0.4, 0.5) is 4.79 Å². The zero-order valence-corrected chi connectivity index (χ0v) is 11.5. The minimum atomic E-state index is -0.420. The molecule has 2 amide bonds. The molecule has 1 fully saturated rings. The average Bonchev–Trinajstić information content (AvgIpc) is 2.40. The van der Waals surface area contributed by atoms with Crippen molar-refractivity contribution in [3.8, 4) is 0 Å². The fourth-order valence-corrected chi connectivity index (χ4v) is 2.21. The molecule has 0 aromatic carbocycles. The van der Waals surface area contributed by atoms with Crippen LogP contribution >= 0.6 is 0 Å². The number of likely N-dealkylation sites (tertiary alicyclic amines) is 1. The van der Waals surface area contributed by atoms with Crippen LogP contribution in [-0.2, 0) is 6.54 Å². The van der Waals surface area contributed by atoms with E-state index in [1.165, 1.54) is 0 Å². The molecule has 2 unspecified atom stereocenters. The van der Waals surface area contributed by atoms with Crippen molar-refractivity contribution in [2.75, 3.05) is 13.1 Å². The summed E-state index contributed by atoms with van der Waals surface area (Å²) in [6.45, 7) is 5.52. The first-order chi connectivity index (χ1) is 9.08. The number of aryl methyl sites for hydroxylation is 1. The van der Waals surface area contributed by atoms with Gasteiger partial charge in [0.05, 0.1) is 18.3 Å². The van der Waals surface area contributed by atoms with Gasteiger partial charge in [0.2, 0.25) is 0 Å². The maximum absolute atomic E-state index is 12.0. The number of carbonyl (C=O) groups is 1. The van der Waals surface area contributed by atoms with Gasteiger partial charge in [-0.15, -0.1) is 0 Å². The van der Waals surface area contributed by atoms with Gasteiger partial charge >= 0.3 is 6.03 Å². The van der Waals surface area contributed by atoms with E-state index in [0.29, 0.717) is 19.6 Å². The van der Waals surface area contributed by atoms with Gasteiger partial charge in [0.25, 0.3) is 0 Å². The van der Waals surface area contributed by atoms with Crippen molar-refractivity contribution < 1.29 is 9.90 Å².